The van der Waals surface area contributed by atoms with E-state index in [9.17, 15) is 4.79 Å². The average Bonchev–Trinajstić information content (AvgIpc) is 2.87. The molecule has 2 fully saturated rings. The van der Waals surface area contributed by atoms with Crippen LogP contribution in [0.15, 0.2) is 11.9 Å². The number of carbonyl (C=O) groups excluding carboxylic acids is 1. The van der Waals surface area contributed by atoms with E-state index >= 15 is 0 Å². The van der Waals surface area contributed by atoms with Gasteiger partial charge in [-0.1, -0.05) is 32.1 Å². The number of ether oxygens (including phenoxy) is 1. The smallest absolute Gasteiger partial charge is 0.355 e. The molecule has 1 aliphatic heterocycles. The number of thiol groups is 1. The summed E-state index contributed by atoms with van der Waals surface area (Å²) < 4.78 is 4.79. The van der Waals surface area contributed by atoms with Gasteiger partial charge in [-0.15, -0.1) is 12.6 Å². The van der Waals surface area contributed by atoms with Crippen molar-refractivity contribution >= 4 is 18.6 Å². The van der Waals surface area contributed by atoms with E-state index in [0.29, 0.717) is 11.7 Å². The minimum absolute atomic E-state index is 0.102. The normalized spacial score (nSPS) is 36.9. The van der Waals surface area contributed by atoms with E-state index in [2.05, 4.69) is 22.8 Å². The Hall–Kier alpha value is -0.840. The molecule has 3 aliphatic rings. The van der Waals surface area contributed by atoms with Crippen LogP contribution < -0.4 is 5.32 Å². The lowest BCUT2D eigenvalue weighted by molar-refractivity contribution is -0.136. The van der Waals surface area contributed by atoms with Crippen molar-refractivity contribution in [2.45, 2.75) is 56.5 Å². The van der Waals surface area contributed by atoms with Crippen molar-refractivity contribution in [1.82, 2.24) is 10.2 Å². The molecule has 0 saturated heterocycles. The van der Waals surface area contributed by atoms with Crippen LogP contribution in [0, 0.1) is 11.8 Å². The molecule has 4 atom stereocenters. The van der Waals surface area contributed by atoms with Gasteiger partial charge >= 0.3 is 5.97 Å². The summed E-state index contributed by atoms with van der Waals surface area (Å²) in [6.45, 7) is 0. The summed E-state index contributed by atoms with van der Waals surface area (Å²) in [4.78, 5) is 13.9. The van der Waals surface area contributed by atoms with Gasteiger partial charge in [0.2, 0.25) is 0 Å². The molecule has 1 N–H and O–H groups in total. The highest BCUT2D eigenvalue weighted by molar-refractivity contribution is 7.80. The number of hydrogen-bond donors (Lipinski definition) is 2. The van der Waals surface area contributed by atoms with Crippen LogP contribution in [-0.4, -0.2) is 29.5 Å². The summed E-state index contributed by atoms with van der Waals surface area (Å²) in [5.74, 6) is 1.34. The van der Waals surface area contributed by atoms with E-state index in [1.807, 2.05) is 6.20 Å². The van der Waals surface area contributed by atoms with E-state index in [0.717, 1.165) is 11.8 Å². The van der Waals surface area contributed by atoms with Crippen LogP contribution in [0.3, 0.4) is 0 Å². The Morgan fingerprint density at radius 3 is 2.85 bits per heavy atom. The molecule has 1 heterocycles. The number of methoxy groups -OCH3 is 1. The lowest BCUT2D eigenvalue weighted by atomic mass is 9.68. The van der Waals surface area contributed by atoms with Crippen LogP contribution in [0.4, 0.5) is 0 Å². The number of rotatable bonds is 2. The van der Waals surface area contributed by atoms with Gasteiger partial charge in [-0.05, 0) is 24.7 Å². The van der Waals surface area contributed by atoms with Gasteiger partial charge in [-0.2, -0.15) is 0 Å². The molecule has 0 spiro atoms. The highest BCUT2D eigenvalue weighted by Gasteiger charge is 2.40. The van der Waals surface area contributed by atoms with Gasteiger partial charge in [0, 0.05) is 12.2 Å². The Kier molecular flexibility index (Phi) is 4.15. The summed E-state index contributed by atoms with van der Waals surface area (Å²) >= 11 is 4.60. The summed E-state index contributed by atoms with van der Waals surface area (Å²) in [6, 6.07) is 0.520. The zero-order valence-corrected chi connectivity index (χ0v) is 12.9. The van der Waals surface area contributed by atoms with Crippen molar-refractivity contribution in [2.75, 3.05) is 7.11 Å². The third kappa shape index (κ3) is 2.52. The molecule has 112 valence electrons. The number of nitrogens with one attached hydrogen (secondary N) is 1. The zero-order chi connectivity index (χ0) is 14.1. The third-order valence-electron chi connectivity index (χ3n) is 5.17. The number of nitrogens with zero attached hydrogens (tertiary/aromatic N) is 1. The quantitative estimate of drug-likeness (QED) is 0.607. The van der Waals surface area contributed by atoms with E-state index in [1.54, 1.807) is 0 Å². The minimum atomic E-state index is -0.303. The second-order valence-electron chi connectivity index (χ2n) is 6.21. The topological polar surface area (TPSA) is 41.6 Å². The fraction of sp³-hybridized carbons (Fsp3) is 0.800. The van der Waals surface area contributed by atoms with Crippen LogP contribution >= 0.6 is 12.6 Å². The Bertz CT molecular complexity index is 411. The molecular weight excluding hydrogens is 272 g/mol. The van der Waals surface area contributed by atoms with Crippen LogP contribution in [0.2, 0.25) is 0 Å². The first-order chi connectivity index (χ1) is 9.70. The lowest BCUT2D eigenvalue weighted by Crippen LogP contribution is -2.47. The molecule has 5 heteroatoms. The van der Waals surface area contributed by atoms with Crippen molar-refractivity contribution in [1.29, 1.82) is 0 Å². The van der Waals surface area contributed by atoms with Crippen LogP contribution in [0.5, 0.6) is 0 Å². The number of esters is 1. The van der Waals surface area contributed by atoms with Crippen molar-refractivity contribution in [2.24, 2.45) is 11.8 Å². The monoisotopic (exact) mass is 296 g/mol. The van der Waals surface area contributed by atoms with Gasteiger partial charge < -0.3 is 15.0 Å². The van der Waals surface area contributed by atoms with Crippen LogP contribution in [0.1, 0.15) is 44.9 Å². The fourth-order valence-corrected chi connectivity index (χ4v) is 4.62. The molecule has 4 unspecified atom stereocenters. The standard InChI is InChI=1S/C15H24N2O2S/c1-19-14(18)12-9-17(15(20)16-12)13-8-4-6-10-5-2-3-7-11(10)13/h9-11,13,15-16,20H,2-8H2,1H3. The van der Waals surface area contributed by atoms with Gasteiger partial charge in [0.05, 0.1) is 7.11 Å². The maximum Gasteiger partial charge on any atom is 0.355 e. The lowest BCUT2D eigenvalue weighted by Gasteiger charge is -2.46. The van der Waals surface area contributed by atoms with Gasteiger partial charge in [0.15, 0.2) is 0 Å². The minimum Gasteiger partial charge on any atom is -0.464 e. The van der Waals surface area contributed by atoms with E-state index in [4.69, 9.17) is 4.74 Å². The number of fused-ring (bicyclic) bond motifs is 1. The first-order valence-corrected chi connectivity index (χ1v) is 8.24. The SMILES string of the molecule is COC(=O)C1=CN(C2CCCC3CCCCC32)C(S)N1. The molecule has 0 aromatic carbocycles. The first kappa shape index (κ1) is 14.1. The highest BCUT2D eigenvalue weighted by atomic mass is 32.1. The average molecular weight is 296 g/mol. The van der Waals surface area contributed by atoms with Crippen molar-refractivity contribution in [3.8, 4) is 0 Å². The Morgan fingerprint density at radius 2 is 2.05 bits per heavy atom. The van der Waals surface area contributed by atoms with E-state index < -0.39 is 0 Å². The van der Waals surface area contributed by atoms with Crippen LogP contribution in [0.25, 0.3) is 0 Å². The molecule has 0 aromatic rings. The Morgan fingerprint density at radius 1 is 1.30 bits per heavy atom. The molecule has 0 bridgehead atoms. The molecule has 0 aromatic heterocycles. The summed E-state index contributed by atoms with van der Waals surface area (Å²) in [5.41, 5.74) is 0.431. The molecule has 4 nitrogen and oxygen atoms in total. The molecule has 3 rings (SSSR count). The maximum atomic E-state index is 11.7. The maximum absolute atomic E-state index is 11.7. The summed E-state index contributed by atoms with van der Waals surface area (Å²) in [7, 11) is 1.42. The molecule has 0 amide bonds. The van der Waals surface area contributed by atoms with E-state index in [-0.39, 0.29) is 11.5 Å². The summed E-state index contributed by atoms with van der Waals surface area (Å²) in [6.07, 6.45) is 11.3. The van der Waals surface area contributed by atoms with Gasteiger partial charge in [0.1, 0.15) is 11.2 Å². The number of carbonyl (C=O) groups is 1. The van der Waals surface area contributed by atoms with Gasteiger partial charge in [-0.3, -0.25) is 0 Å². The second-order valence-corrected chi connectivity index (χ2v) is 6.70. The van der Waals surface area contributed by atoms with Crippen molar-refractivity contribution < 1.29 is 9.53 Å². The first-order valence-electron chi connectivity index (χ1n) is 7.73. The predicted octanol–water partition coefficient (Wildman–Crippen LogP) is 2.48. The second kappa shape index (κ2) is 5.88. The van der Waals surface area contributed by atoms with Gasteiger partial charge in [-0.25, -0.2) is 4.79 Å². The molecule has 0 radical (unpaired) electrons. The third-order valence-corrected chi connectivity index (χ3v) is 5.57. The molecular formula is C15H24N2O2S. The van der Waals surface area contributed by atoms with Crippen LogP contribution in [-0.2, 0) is 9.53 Å². The largest absolute Gasteiger partial charge is 0.464 e. The molecule has 2 saturated carbocycles. The zero-order valence-electron chi connectivity index (χ0n) is 12.0. The Balaban J connectivity index is 1.77. The van der Waals surface area contributed by atoms with E-state index in [1.165, 1.54) is 52.1 Å². The number of hydrogen-bond acceptors (Lipinski definition) is 5. The Labute approximate surface area is 126 Å². The highest BCUT2D eigenvalue weighted by Crippen LogP contribution is 2.43. The summed E-state index contributed by atoms with van der Waals surface area (Å²) in [5, 5.41) is 3.12. The molecule has 2 aliphatic carbocycles. The fourth-order valence-electron chi connectivity index (χ4n) is 4.24. The van der Waals surface area contributed by atoms with Crippen molar-refractivity contribution in [3.05, 3.63) is 11.9 Å². The van der Waals surface area contributed by atoms with Crippen molar-refractivity contribution in [3.63, 3.8) is 0 Å². The van der Waals surface area contributed by atoms with Gasteiger partial charge in [0.25, 0.3) is 0 Å². The molecule has 20 heavy (non-hydrogen) atoms. The predicted molar refractivity (Wildman–Crippen MR) is 80.9 cm³/mol.